The standard InChI is InChI=1S/C15H29NO4/c1-12-5-6-13(15(17)18)14(11-12)16(8-10-20-3)7-4-9-19-2/h12-14H,4-11H2,1-3H3,(H,17,18). The maximum atomic E-state index is 11.5. The Labute approximate surface area is 122 Å². The number of rotatable bonds is 9. The molecule has 20 heavy (non-hydrogen) atoms. The molecule has 0 aromatic rings. The first-order chi connectivity index (χ1) is 9.60. The van der Waals surface area contributed by atoms with Crippen molar-refractivity contribution in [1.82, 2.24) is 4.90 Å². The van der Waals surface area contributed by atoms with Crippen LogP contribution in [0.15, 0.2) is 0 Å². The lowest BCUT2D eigenvalue weighted by atomic mass is 9.78. The molecule has 0 amide bonds. The van der Waals surface area contributed by atoms with Crippen molar-refractivity contribution in [2.24, 2.45) is 11.8 Å². The van der Waals surface area contributed by atoms with Gasteiger partial charge in [-0.15, -0.1) is 0 Å². The Balaban J connectivity index is 2.68. The molecule has 5 heteroatoms. The van der Waals surface area contributed by atoms with Crippen LogP contribution in [0, 0.1) is 11.8 Å². The average Bonchev–Trinajstić information content (AvgIpc) is 2.42. The molecule has 0 radical (unpaired) electrons. The Kier molecular flexibility index (Phi) is 8.11. The maximum Gasteiger partial charge on any atom is 0.308 e. The molecule has 0 saturated heterocycles. The summed E-state index contributed by atoms with van der Waals surface area (Å²) in [7, 11) is 3.38. The molecule has 5 nitrogen and oxygen atoms in total. The molecule has 0 heterocycles. The zero-order chi connectivity index (χ0) is 15.0. The van der Waals surface area contributed by atoms with Gasteiger partial charge in [-0.05, 0) is 31.6 Å². The van der Waals surface area contributed by atoms with E-state index in [9.17, 15) is 9.90 Å². The van der Waals surface area contributed by atoms with Crippen molar-refractivity contribution in [3.8, 4) is 0 Å². The van der Waals surface area contributed by atoms with Gasteiger partial charge in [0.1, 0.15) is 0 Å². The summed E-state index contributed by atoms with van der Waals surface area (Å²) in [6, 6.07) is 0.128. The minimum absolute atomic E-state index is 0.128. The van der Waals surface area contributed by atoms with Gasteiger partial charge in [-0.2, -0.15) is 0 Å². The highest BCUT2D eigenvalue weighted by molar-refractivity contribution is 5.71. The molecule has 1 aliphatic rings. The number of carbonyl (C=O) groups is 1. The van der Waals surface area contributed by atoms with Crippen molar-refractivity contribution in [3.63, 3.8) is 0 Å². The number of ether oxygens (including phenoxy) is 2. The normalized spacial score (nSPS) is 26.9. The average molecular weight is 287 g/mol. The van der Waals surface area contributed by atoms with Gasteiger partial charge in [-0.1, -0.05) is 6.92 Å². The highest BCUT2D eigenvalue weighted by atomic mass is 16.5. The monoisotopic (exact) mass is 287 g/mol. The van der Waals surface area contributed by atoms with Crippen LogP contribution in [0.3, 0.4) is 0 Å². The van der Waals surface area contributed by atoms with Crippen molar-refractivity contribution in [1.29, 1.82) is 0 Å². The van der Waals surface area contributed by atoms with Gasteiger partial charge >= 0.3 is 5.97 Å². The molecule has 0 bridgehead atoms. The molecule has 0 spiro atoms. The van der Waals surface area contributed by atoms with Gasteiger partial charge in [-0.3, -0.25) is 9.69 Å². The molecule has 0 aromatic heterocycles. The van der Waals surface area contributed by atoms with E-state index in [-0.39, 0.29) is 12.0 Å². The van der Waals surface area contributed by atoms with Gasteiger partial charge in [0.15, 0.2) is 0 Å². The van der Waals surface area contributed by atoms with Gasteiger partial charge in [-0.25, -0.2) is 0 Å². The third-order valence-corrected chi connectivity index (χ3v) is 4.24. The fraction of sp³-hybridized carbons (Fsp3) is 0.933. The summed E-state index contributed by atoms with van der Waals surface area (Å²) >= 11 is 0. The summed E-state index contributed by atoms with van der Waals surface area (Å²) in [5.41, 5.74) is 0. The van der Waals surface area contributed by atoms with Crippen molar-refractivity contribution in [3.05, 3.63) is 0 Å². The van der Waals surface area contributed by atoms with E-state index in [1.165, 1.54) is 0 Å². The van der Waals surface area contributed by atoms with Gasteiger partial charge < -0.3 is 14.6 Å². The number of carboxylic acid groups (broad SMARTS) is 1. The van der Waals surface area contributed by atoms with Crippen molar-refractivity contribution < 1.29 is 19.4 Å². The molecular formula is C15H29NO4. The van der Waals surface area contributed by atoms with Crippen LogP contribution in [-0.4, -0.2) is 62.5 Å². The zero-order valence-corrected chi connectivity index (χ0v) is 13.0. The fourth-order valence-electron chi connectivity index (χ4n) is 3.11. The number of carboxylic acids is 1. The van der Waals surface area contributed by atoms with E-state index < -0.39 is 5.97 Å². The number of hydrogen-bond acceptors (Lipinski definition) is 4. The lowest BCUT2D eigenvalue weighted by molar-refractivity contribution is -0.146. The van der Waals surface area contributed by atoms with E-state index in [0.717, 1.165) is 38.8 Å². The highest BCUT2D eigenvalue weighted by Gasteiger charge is 2.36. The summed E-state index contributed by atoms with van der Waals surface area (Å²) in [6.07, 6.45) is 3.70. The highest BCUT2D eigenvalue weighted by Crippen LogP contribution is 2.32. The molecular weight excluding hydrogens is 258 g/mol. The molecule has 1 saturated carbocycles. The largest absolute Gasteiger partial charge is 0.481 e. The predicted molar refractivity (Wildman–Crippen MR) is 77.9 cm³/mol. The molecule has 0 aromatic carbocycles. The molecule has 3 atom stereocenters. The summed E-state index contributed by atoms with van der Waals surface area (Å²) in [4.78, 5) is 13.8. The molecule has 118 valence electrons. The van der Waals surface area contributed by atoms with Gasteiger partial charge in [0.25, 0.3) is 0 Å². The predicted octanol–water partition coefficient (Wildman–Crippen LogP) is 1.86. The Morgan fingerprint density at radius 1 is 1.20 bits per heavy atom. The SMILES string of the molecule is COCCCN(CCOC)C1CC(C)CCC1C(=O)O. The second-order valence-electron chi connectivity index (χ2n) is 5.81. The van der Waals surface area contributed by atoms with E-state index in [2.05, 4.69) is 11.8 Å². The smallest absolute Gasteiger partial charge is 0.308 e. The lowest BCUT2D eigenvalue weighted by Gasteiger charge is -2.40. The first kappa shape index (κ1) is 17.4. The third kappa shape index (κ3) is 5.38. The first-order valence-corrected chi connectivity index (χ1v) is 7.54. The van der Waals surface area contributed by atoms with Crippen LogP contribution in [0.1, 0.15) is 32.6 Å². The number of methoxy groups -OCH3 is 2. The van der Waals surface area contributed by atoms with E-state index in [0.29, 0.717) is 19.1 Å². The summed E-state index contributed by atoms with van der Waals surface area (Å²) < 4.78 is 10.3. The molecule has 0 aliphatic heterocycles. The van der Waals surface area contributed by atoms with Gasteiger partial charge in [0.2, 0.25) is 0 Å². The Morgan fingerprint density at radius 3 is 2.50 bits per heavy atom. The van der Waals surface area contributed by atoms with Crippen LogP contribution in [-0.2, 0) is 14.3 Å². The first-order valence-electron chi connectivity index (χ1n) is 7.54. The van der Waals surface area contributed by atoms with Gasteiger partial charge in [0, 0.05) is 40.0 Å². The summed E-state index contributed by atoms with van der Waals surface area (Å²) in [5, 5.41) is 9.46. The maximum absolute atomic E-state index is 11.5. The van der Waals surface area contributed by atoms with Crippen LogP contribution in [0.5, 0.6) is 0 Å². The lowest BCUT2D eigenvalue weighted by Crippen LogP contribution is -2.48. The Morgan fingerprint density at radius 2 is 1.90 bits per heavy atom. The molecule has 1 fully saturated rings. The summed E-state index contributed by atoms with van der Waals surface area (Å²) in [6.45, 7) is 5.24. The third-order valence-electron chi connectivity index (χ3n) is 4.24. The fourth-order valence-corrected chi connectivity index (χ4v) is 3.11. The van der Waals surface area contributed by atoms with Crippen molar-refractivity contribution >= 4 is 5.97 Å². The second kappa shape index (κ2) is 9.32. The molecule has 1 rings (SSSR count). The van der Waals surface area contributed by atoms with Crippen molar-refractivity contribution in [2.75, 3.05) is 40.5 Å². The topological polar surface area (TPSA) is 59.0 Å². The van der Waals surface area contributed by atoms with Crippen LogP contribution in [0.2, 0.25) is 0 Å². The van der Waals surface area contributed by atoms with Crippen LogP contribution < -0.4 is 0 Å². The van der Waals surface area contributed by atoms with Gasteiger partial charge in [0.05, 0.1) is 12.5 Å². The van der Waals surface area contributed by atoms with Crippen molar-refractivity contribution in [2.45, 2.75) is 38.6 Å². The van der Waals surface area contributed by atoms with E-state index in [1.807, 2.05) is 0 Å². The number of aliphatic carboxylic acids is 1. The molecule has 3 unspecified atom stereocenters. The number of hydrogen-bond donors (Lipinski definition) is 1. The minimum Gasteiger partial charge on any atom is -0.481 e. The van der Waals surface area contributed by atoms with E-state index >= 15 is 0 Å². The van der Waals surface area contributed by atoms with Crippen LogP contribution >= 0.6 is 0 Å². The van der Waals surface area contributed by atoms with E-state index in [1.54, 1.807) is 14.2 Å². The zero-order valence-electron chi connectivity index (χ0n) is 13.0. The van der Waals surface area contributed by atoms with E-state index in [4.69, 9.17) is 9.47 Å². The molecule has 1 N–H and O–H groups in total. The molecule has 1 aliphatic carbocycles. The summed E-state index contributed by atoms with van der Waals surface area (Å²) in [5.74, 6) is -0.301. The van der Waals surface area contributed by atoms with Crippen LogP contribution in [0.4, 0.5) is 0 Å². The Hall–Kier alpha value is -0.650. The minimum atomic E-state index is -0.656. The number of nitrogens with zero attached hydrogens (tertiary/aromatic N) is 1. The Bertz CT molecular complexity index is 285. The quantitative estimate of drug-likeness (QED) is 0.656. The second-order valence-corrected chi connectivity index (χ2v) is 5.81. The van der Waals surface area contributed by atoms with Crippen LogP contribution in [0.25, 0.3) is 0 Å².